The van der Waals surface area contributed by atoms with E-state index in [-0.39, 0.29) is 18.7 Å². The van der Waals surface area contributed by atoms with Crippen molar-refractivity contribution in [3.63, 3.8) is 0 Å². The highest BCUT2D eigenvalue weighted by molar-refractivity contribution is 6.23. The lowest BCUT2D eigenvalue weighted by molar-refractivity contribution is -0.136. The van der Waals surface area contributed by atoms with Crippen molar-refractivity contribution in [2.45, 2.75) is 63.2 Å². The van der Waals surface area contributed by atoms with Crippen LogP contribution in [0, 0.1) is 0 Å². The minimum Gasteiger partial charge on any atom is -0.381 e. The van der Waals surface area contributed by atoms with Crippen molar-refractivity contribution in [2.75, 3.05) is 26.3 Å². The zero-order valence-electron chi connectivity index (χ0n) is 18.7. The standard InChI is InChI=1S/C24H30N4O5/c29-21-4-3-20(22(30)26-21)28-23(31)18-2-1-15(13-19(18)24(28)32)14-27(16-5-9-25-10-6-16)17-7-11-33-12-8-17/h1-2,13,16-17,20,25H,3-12,14H2,(H,26,29,30). The summed E-state index contributed by atoms with van der Waals surface area (Å²) in [5.41, 5.74) is 1.66. The van der Waals surface area contributed by atoms with Crippen LogP contribution < -0.4 is 10.6 Å². The van der Waals surface area contributed by atoms with E-state index in [9.17, 15) is 19.2 Å². The number of hydrogen-bond acceptors (Lipinski definition) is 7. The monoisotopic (exact) mass is 454 g/mol. The van der Waals surface area contributed by atoms with E-state index in [0.29, 0.717) is 29.8 Å². The van der Waals surface area contributed by atoms with Gasteiger partial charge in [-0.1, -0.05) is 6.07 Å². The fraction of sp³-hybridized carbons (Fsp3) is 0.583. The van der Waals surface area contributed by atoms with Crippen LogP contribution in [-0.2, 0) is 20.9 Å². The molecule has 33 heavy (non-hydrogen) atoms. The van der Waals surface area contributed by atoms with Crippen molar-refractivity contribution in [1.82, 2.24) is 20.4 Å². The van der Waals surface area contributed by atoms with Crippen LogP contribution in [0.25, 0.3) is 0 Å². The van der Waals surface area contributed by atoms with Crippen molar-refractivity contribution in [3.8, 4) is 0 Å². The largest absolute Gasteiger partial charge is 0.381 e. The van der Waals surface area contributed by atoms with Gasteiger partial charge in [0.15, 0.2) is 0 Å². The molecule has 3 fully saturated rings. The molecule has 0 spiro atoms. The Kier molecular flexibility index (Phi) is 6.27. The fourth-order valence-electron chi connectivity index (χ4n) is 5.54. The minimum absolute atomic E-state index is 0.116. The molecule has 0 radical (unpaired) electrons. The Hall–Kier alpha value is -2.62. The topological polar surface area (TPSA) is 108 Å². The highest BCUT2D eigenvalue weighted by atomic mass is 16.5. The summed E-state index contributed by atoms with van der Waals surface area (Å²) in [5.74, 6) is -1.87. The van der Waals surface area contributed by atoms with Gasteiger partial charge >= 0.3 is 0 Å². The molecule has 2 N–H and O–H groups in total. The zero-order chi connectivity index (χ0) is 22.9. The van der Waals surface area contributed by atoms with Crippen molar-refractivity contribution >= 4 is 23.6 Å². The second kappa shape index (κ2) is 9.32. The van der Waals surface area contributed by atoms with Gasteiger partial charge in [-0.2, -0.15) is 0 Å². The van der Waals surface area contributed by atoms with E-state index in [1.807, 2.05) is 12.1 Å². The summed E-state index contributed by atoms with van der Waals surface area (Å²) >= 11 is 0. The van der Waals surface area contributed by atoms with E-state index in [1.54, 1.807) is 6.07 Å². The first-order chi connectivity index (χ1) is 16.0. The number of nitrogens with one attached hydrogen (secondary N) is 2. The van der Waals surface area contributed by atoms with Gasteiger partial charge in [-0.25, -0.2) is 0 Å². The van der Waals surface area contributed by atoms with E-state index in [1.165, 1.54) is 0 Å². The van der Waals surface area contributed by atoms with Crippen LogP contribution in [0.2, 0.25) is 0 Å². The van der Waals surface area contributed by atoms with Crippen molar-refractivity contribution in [3.05, 3.63) is 34.9 Å². The molecule has 9 heteroatoms. The Morgan fingerprint density at radius 2 is 1.61 bits per heavy atom. The van der Waals surface area contributed by atoms with Crippen LogP contribution in [0.4, 0.5) is 0 Å². The predicted octanol–water partition coefficient (Wildman–Crippen LogP) is 0.821. The van der Waals surface area contributed by atoms with Crippen molar-refractivity contribution in [2.24, 2.45) is 0 Å². The summed E-state index contributed by atoms with van der Waals surface area (Å²) in [6.07, 6.45) is 4.44. The highest BCUT2D eigenvalue weighted by Crippen LogP contribution is 2.30. The predicted molar refractivity (Wildman–Crippen MR) is 118 cm³/mol. The van der Waals surface area contributed by atoms with Crippen LogP contribution in [0.1, 0.15) is 64.8 Å². The van der Waals surface area contributed by atoms with Gasteiger partial charge in [-0.05, 0) is 62.9 Å². The zero-order valence-corrected chi connectivity index (χ0v) is 18.7. The normalized spacial score (nSPS) is 25.0. The lowest BCUT2D eigenvalue weighted by Gasteiger charge is -2.41. The number of rotatable bonds is 5. The summed E-state index contributed by atoms with van der Waals surface area (Å²) in [6, 6.07) is 5.42. The Balaban J connectivity index is 1.37. The molecular formula is C24H30N4O5. The molecule has 4 aliphatic rings. The Labute approximate surface area is 192 Å². The second-order valence-electron chi connectivity index (χ2n) is 9.32. The third-order valence-electron chi connectivity index (χ3n) is 7.31. The average molecular weight is 455 g/mol. The molecule has 5 rings (SSSR count). The highest BCUT2D eigenvalue weighted by Gasteiger charge is 2.44. The van der Waals surface area contributed by atoms with Gasteiger partial charge in [-0.15, -0.1) is 0 Å². The maximum atomic E-state index is 13.2. The number of benzene rings is 1. The van der Waals surface area contributed by atoms with Crippen LogP contribution in [0.15, 0.2) is 18.2 Å². The molecule has 176 valence electrons. The van der Waals surface area contributed by atoms with E-state index in [0.717, 1.165) is 62.4 Å². The molecule has 0 saturated carbocycles. The van der Waals surface area contributed by atoms with Gasteiger partial charge in [0.1, 0.15) is 6.04 Å². The van der Waals surface area contributed by atoms with Crippen LogP contribution >= 0.6 is 0 Å². The molecule has 1 unspecified atom stereocenters. The number of carbonyl (C=O) groups excluding carboxylic acids is 4. The third kappa shape index (κ3) is 4.32. The van der Waals surface area contributed by atoms with Gasteiger partial charge in [0, 0.05) is 38.3 Å². The molecule has 3 saturated heterocycles. The number of piperidine rings is 2. The molecule has 1 atom stereocenters. The molecule has 4 aliphatic heterocycles. The summed E-state index contributed by atoms with van der Waals surface area (Å²) in [6.45, 7) is 4.25. The summed E-state index contributed by atoms with van der Waals surface area (Å²) in [5, 5.41) is 5.67. The number of amides is 4. The maximum Gasteiger partial charge on any atom is 0.262 e. The Bertz CT molecular complexity index is 950. The minimum atomic E-state index is -0.938. The molecule has 1 aromatic rings. The van der Waals surface area contributed by atoms with Crippen LogP contribution in [0.3, 0.4) is 0 Å². The molecular weight excluding hydrogens is 424 g/mol. The lowest BCUT2D eigenvalue weighted by Crippen LogP contribution is -2.54. The van der Waals surface area contributed by atoms with E-state index < -0.39 is 23.8 Å². The van der Waals surface area contributed by atoms with Crippen molar-refractivity contribution < 1.29 is 23.9 Å². The number of fused-ring (bicyclic) bond motifs is 1. The van der Waals surface area contributed by atoms with Crippen LogP contribution in [0.5, 0.6) is 0 Å². The quantitative estimate of drug-likeness (QED) is 0.634. The molecule has 4 amide bonds. The first-order valence-corrected chi connectivity index (χ1v) is 11.9. The Morgan fingerprint density at radius 1 is 0.909 bits per heavy atom. The van der Waals surface area contributed by atoms with E-state index in [2.05, 4.69) is 15.5 Å². The van der Waals surface area contributed by atoms with Gasteiger partial charge < -0.3 is 10.1 Å². The average Bonchev–Trinajstić information content (AvgIpc) is 3.08. The van der Waals surface area contributed by atoms with Gasteiger partial charge in [0.2, 0.25) is 11.8 Å². The number of ether oxygens (including phenoxy) is 1. The first kappa shape index (κ1) is 22.2. The molecule has 0 bridgehead atoms. The Morgan fingerprint density at radius 3 is 2.33 bits per heavy atom. The summed E-state index contributed by atoms with van der Waals surface area (Å²) < 4.78 is 5.58. The third-order valence-corrected chi connectivity index (χ3v) is 7.31. The van der Waals surface area contributed by atoms with Crippen molar-refractivity contribution in [1.29, 1.82) is 0 Å². The van der Waals surface area contributed by atoms with E-state index >= 15 is 0 Å². The smallest absolute Gasteiger partial charge is 0.262 e. The van der Waals surface area contributed by atoms with Crippen LogP contribution in [-0.4, -0.2) is 77.9 Å². The van der Waals surface area contributed by atoms with Gasteiger partial charge in [0.25, 0.3) is 11.8 Å². The van der Waals surface area contributed by atoms with E-state index in [4.69, 9.17) is 4.74 Å². The number of nitrogens with zero attached hydrogens (tertiary/aromatic N) is 2. The SMILES string of the molecule is O=C1CCC(N2C(=O)c3ccc(CN(C4CCNCC4)C4CCOCC4)cc3C2=O)C(=O)N1. The van der Waals surface area contributed by atoms with Gasteiger partial charge in [0.05, 0.1) is 11.1 Å². The van der Waals surface area contributed by atoms with Gasteiger partial charge in [-0.3, -0.25) is 34.3 Å². The first-order valence-electron chi connectivity index (χ1n) is 11.9. The lowest BCUT2D eigenvalue weighted by atomic mass is 9.97. The maximum absolute atomic E-state index is 13.2. The fourth-order valence-corrected chi connectivity index (χ4v) is 5.54. The number of hydrogen-bond donors (Lipinski definition) is 2. The number of imide groups is 2. The molecule has 1 aromatic carbocycles. The second-order valence-corrected chi connectivity index (χ2v) is 9.32. The summed E-state index contributed by atoms with van der Waals surface area (Å²) in [4.78, 5) is 53.5. The molecule has 4 heterocycles. The number of carbonyl (C=O) groups is 4. The molecule has 9 nitrogen and oxygen atoms in total. The molecule has 0 aromatic heterocycles. The summed E-state index contributed by atoms with van der Waals surface area (Å²) in [7, 11) is 0. The molecule has 0 aliphatic carbocycles.